The third-order valence-electron chi connectivity index (χ3n) is 2.61. The summed E-state index contributed by atoms with van der Waals surface area (Å²) in [6.07, 6.45) is 3.12. The van der Waals surface area contributed by atoms with E-state index in [1.807, 2.05) is 12.1 Å². The summed E-state index contributed by atoms with van der Waals surface area (Å²) in [5.74, 6) is -0.109. The van der Waals surface area contributed by atoms with E-state index < -0.39 is 0 Å². The van der Waals surface area contributed by atoms with Crippen molar-refractivity contribution < 1.29 is 4.39 Å². The number of halogens is 2. The minimum Gasteiger partial charge on any atom is -0.313 e. The van der Waals surface area contributed by atoms with Crippen molar-refractivity contribution in [2.45, 2.75) is 13.3 Å². The summed E-state index contributed by atoms with van der Waals surface area (Å²) < 4.78 is 13.3. The molecule has 0 unspecified atom stereocenters. The molecule has 0 bridgehead atoms. The topological polar surface area (TPSA) is 12.0 Å². The van der Waals surface area contributed by atoms with Gasteiger partial charge in [0.15, 0.2) is 0 Å². The van der Waals surface area contributed by atoms with Crippen molar-refractivity contribution >= 4 is 18.0 Å². The van der Waals surface area contributed by atoms with E-state index in [2.05, 4.69) is 11.4 Å². The molecule has 0 atom stereocenters. The Kier molecular flexibility index (Phi) is 4.30. The molecule has 1 N–H and O–H groups in total. The Balaban J connectivity index is 0.00000112. The predicted octanol–water partition coefficient (Wildman–Crippen LogP) is 2.93. The molecule has 0 amide bonds. The highest BCUT2D eigenvalue weighted by Gasteiger charge is 2.07. The van der Waals surface area contributed by atoms with Gasteiger partial charge in [0.1, 0.15) is 5.82 Å². The van der Waals surface area contributed by atoms with Crippen LogP contribution < -0.4 is 5.32 Å². The molecule has 82 valence electrons. The van der Waals surface area contributed by atoms with Gasteiger partial charge in [-0.2, -0.15) is 0 Å². The van der Waals surface area contributed by atoms with Crippen LogP contribution in [-0.4, -0.2) is 13.1 Å². The molecule has 2 rings (SSSR count). The van der Waals surface area contributed by atoms with Crippen molar-refractivity contribution in [2.24, 2.45) is 0 Å². The molecule has 1 aliphatic rings. The van der Waals surface area contributed by atoms with Gasteiger partial charge in [0, 0.05) is 6.54 Å². The molecule has 0 spiro atoms. The van der Waals surface area contributed by atoms with Gasteiger partial charge in [-0.25, -0.2) is 4.39 Å². The highest BCUT2D eigenvalue weighted by molar-refractivity contribution is 5.85. The number of hydrogen-bond donors (Lipinski definition) is 1. The second-order valence-electron chi connectivity index (χ2n) is 3.65. The van der Waals surface area contributed by atoms with Crippen molar-refractivity contribution in [1.29, 1.82) is 0 Å². The van der Waals surface area contributed by atoms with Gasteiger partial charge in [-0.1, -0.05) is 18.2 Å². The van der Waals surface area contributed by atoms with Crippen molar-refractivity contribution in [2.75, 3.05) is 13.1 Å². The van der Waals surface area contributed by atoms with E-state index in [0.29, 0.717) is 5.56 Å². The van der Waals surface area contributed by atoms with E-state index in [1.54, 1.807) is 13.0 Å². The Bertz CT molecular complexity index is 374. The van der Waals surface area contributed by atoms with Crippen LogP contribution in [-0.2, 0) is 0 Å². The molecule has 0 saturated heterocycles. The number of hydrogen-bond acceptors (Lipinski definition) is 1. The highest BCUT2D eigenvalue weighted by Crippen LogP contribution is 2.21. The maximum Gasteiger partial charge on any atom is 0.126 e. The second-order valence-corrected chi connectivity index (χ2v) is 3.65. The third-order valence-corrected chi connectivity index (χ3v) is 2.61. The summed E-state index contributed by atoms with van der Waals surface area (Å²) in [5.41, 5.74) is 2.99. The van der Waals surface area contributed by atoms with Gasteiger partial charge in [-0.3, -0.25) is 0 Å². The number of rotatable bonds is 1. The molecule has 1 aromatic carbocycles. The van der Waals surface area contributed by atoms with Crippen LogP contribution >= 0.6 is 12.4 Å². The molecule has 15 heavy (non-hydrogen) atoms. The van der Waals surface area contributed by atoms with E-state index in [1.165, 1.54) is 5.57 Å². The molecule has 1 aliphatic heterocycles. The Morgan fingerprint density at radius 3 is 2.73 bits per heavy atom. The molecule has 1 heterocycles. The molecule has 1 aromatic rings. The second kappa shape index (κ2) is 5.29. The first kappa shape index (κ1) is 12.2. The van der Waals surface area contributed by atoms with Gasteiger partial charge in [0.05, 0.1) is 0 Å². The number of aryl methyl sites for hydroxylation is 1. The lowest BCUT2D eigenvalue weighted by Crippen LogP contribution is -2.20. The summed E-state index contributed by atoms with van der Waals surface area (Å²) in [6, 6.07) is 5.47. The predicted molar refractivity (Wildman–Crippen MR) is 63.8 cm³/mol. The monoisotopic (exact) mass is 227 g/mol. The Hall–Kier alpha value is -0.860. The van der Waals surface area contributed by atoms with Gasteiger partial charge in [0.25, 0.3) is 0 Å². The molecule has 1 nitrogen and oxygen atoms in total. The highest BCUT2D eigenvalue weighted by atomic mass is 35.5. The zero-order valence-corrected chi connectivity index (χ0v) is 9.53. The maximum atomic E-state index is 13.3. The summed E-state index contributed by atoms with van der Waals surface area (Å²) in [4.78, 5) is 0. The number of benzene rings is 1. The SMILES string of the molecule is Cc1ccc(C2=CCNCC2)cc1F.Cl. The van der Waals surface area contributed by atoms with Crippen LogP contribution in [0, 0.1) is 12.7 Å². The van der Waals surface area contributed by atoms with Gasteiger partial charge in [-0.05, 0) is 42.7 Å². The fourth-order valence-electron chi connectivity index (χ4n) is 1.68. The van der Waals surface area contributed by atoms with Crippen molar-refractivity contribution in [1.82, 2.24) is 5.32 Å². The summed E-state index contributed by atoms with van der Waals surface area (Å²) in [5, 5.41) is 3.24. The Morgan fingerprint density at radius 2 is 2.13 bits per heavy atom. The molecule has 0 saturated carbocycles. The van der Waals surface area contributed by atoms with Crippen molar-refractivity contribution in [3.05, 3.63) is 41.2 Å². The zero-order valence-electron chi connectivity index (χ0n) is 8.72. The summed E-state index contributed by atoms with van der Waals surface area (Å²) in [6.45, 7) is 3.67. The third kappa shape index (κ3) is 2.80. The molecule has 0 fully saturated rings. The van der Waals surface area contributed by atoms with Crippen LogP contribution in [0.15, 0.2) is 24.3 Å². The van der Waals surface area contributed by atoms with Crippen LogP contribution in [0.3, 0.4) is 0 Å². The first-order valence-electron chi connectivity index (χ1n) is 4.93. The lowest BCUT2D eigenvalue weighted by molar-refractivity contribution is 0.617. The van der Waals surface area contributed by atoms with E-state index >= 15 is 0 Å². The van der Waals surface area contributed by atoms with E-state index in [9.17, 15) is 4.39 Å². The minimum atomic E-state index is -0.109. The van der Waals surface area contributed by atoms with Crippen molar-refractivity contribution in [3.8, 4) is 0 Å². The standard InChI is InChI=1S/C12H14FN.ClH/c1-9-2-3-11(8-12(9)13)10-4-6-14-7-5-10;/h2-4,8,14H,5-7H2,1H3;1H. The van der Waals surface area contributed by atoms with E-state index in [-0.39, 0.29) is 18.2 Å². The van der Waals surface area contributed by atoms with Crippen molar-refractivity contribution in [3.63, 3.8) is 0 Å². The summed E-state index contributed by atoms with van der Waals surface area (Å²) in [7, 11) is 0. The van der Waals surface area contributed by atoms with Crippen LogP contribution in [0.2, 0.25) is 0 Å². The molecule has 0 radical (unpaired) electrons. The minimum absolute atomic E-state index is 0. The molecule has 0 aromatic heterocycles. The normalized spacial score (nSPS) is 15.5. The Morgan fingerprint density at radius 1 is 1.33 bits per heavy atom. The molecular weight excluding hydrogens is 213 g/mol. The average Bonchev–Trinajstić information content (AvgIpc) is 2.23. The maximum absolute atomic E-state index is 13.3. The van der Waals surface area contributed by atoms with Gasteiger partial charge in [0.2, 0.25) is 0 Å². The van der Waals surface area contributed by atoms with Crippen LogP contribution in [0.25, 0.3) is 5.57 Å². The van der Waals surface area contributed by atoms with Gasteiger partial charge in [-0.15, -0.1) is 12.4 Å². The first-order chi connectivity index (χ1) is 6.77. The number of nitrogens with one attached hydrogen (secondary N) is 1. The van der Waals surface area contributed by atoms with E-state index in [4.69, 9.17) is 0 Å². The first-order valence-corrected chi connectivity index (χ1v) is 4.93. The van der Waals surface area contributed by atoms with Crippen LogP contribution in [0.4, 0.5) is 4.39 Å². The molecular formula is C12H15ClFN. The van der Waals surface area contributed by atoms with Crippen LogP contribution in [0.1, 0.15) is 17.5 Å². The lowest BCUT2D eigenvalue weighted by Gasteiger charge is -2.14. The average molecular weight is 228 g/mol. The Labute approximate surface area is 95.8 Å². The molecule has 0 aliphatic carbocycles. The smallest absolute Gasteiger partial charge is 0.126 e. The quantitative estimate of drug-likeness (QED) is 0.778. The fraction of sp³-hybridized carbons (Fsp3) is 0.333. The van der Waals surface area contributed by atoms with Gasteiger partial charge >= 0.3 is 0 Å². The largest absolute Gasteiger partial charge is 0.313 e. The van der Waals surface area contributed by atoms with Gasteiger partial charge < -0.3 is 5.32 Å². The van der Waals surface area contributed by atoms with Crippen LogP contribution in [0.5, 0.6) is 0 Å². The zero-order chi connectivity index (χ0) is 9.97. The fourth-order valence-corrected chi connectivity index (χ4v) is 1.68. The van der Waals surface area contributed by atoms with E-state index in [0.717, 1.165) is 25.1 Å². The molecule has 3 heteroatoms. The summed E-state index contributed by atoms with van der Waals surface area (Å²) >= 11 is 0. The lowest BCUT2D eigenvalue weighted by atomic mass is 9.99.